The van der Waals surface area contributed by atoms with E-state index in [1.165, 1.54) is 4.68 Å². The molecule has 1 aliphatic heterocycles. The van der Waals surface area contributed by atoms with E-state index in [-0.39, 0.29) is 22.5 Å². The molecule has 0 aliphatic carbocycles. The number of carbonyl (C=O) groups excluding carboxylic acids is 1. The van der Waals surface area contributed by atoms with Gasteiger partial charge < -0.3 is 10.2 Å². The van der Waals surface area contributed by atoms with Gasteiger partial charge in [0, 0.05) is 25.6 Å². The van der Waals surface area contributed by atoms with Crippen LogP contribution in [0.4, 0.5) is 5.69 Å². The van der Waals surface area contributed by atoms with Gasteiger partial charge in [0.1, 0.15) is 5.02 Å². The van der Waals surface area contributed by atoms with Gasteiger partial charge in [-0.15, -0.1) is 0 Å². The minimum absolute atomic E-state index is 0.157. The summed E-state index contributed by atoms with van der Waals surface area (Å²) in [5.41, 5.74) is 1.25. The normalized spacial score (nSPS) is 15.1. The lowest BCUT2D eigenvalue weighted by atomic mass is 10.0. The van der Waals surface area contributed by atoms with E-state index in [4.69, 9.17) is 11.6 Å². The maximum Gasteiger partial charge on any atom is 0.287 e. The first-order valence-corrected chi connectivity index (χ1v) is 10.2. The Morgan fingerprint density at radius 2 is 1.93 bits per heavy atom. The number of carbonyl (C=O) groups is 1. The molecule has 0 saturated carbocycles. The topological polar surface area (TPSA) is 67.2 Å². The summed E-state index contributed by atoms with van der Waals surface area (Å²) >= 11 is 6.32. The lowest BCUT2D eigenvalue weighted by molar-refractivity contribution is -0.132. The quantitative estimate of drug-likeness (QED) is 0.804. The molecule has 3 rings (SSSR count). The molecule has 150 valence electrons. The molecule has 0 unspecified atom stereocenters. The largest absolute Gasteiger partial charge is 0.380 e. The number of piperidine rings is 1. The van der Waals surface area contributed by atoms with Gasteiger partial charge in [0.05, 0.1) is 18.4 Å². The molecule has 0 radical (unpaired) electrons. The maximum absolute atomic E-state index is 12.6. The molecule has 1 amide bonds. The van der Waals surface area contributed by atoms with E-state index in [0.29, 0.717) is 24.6 Å². The van der Waals surface area contributed by atoms with Crippen LogP contribution in [0.25, 0.3) is 0 Å². The van der Waals surface area contributed by atoms with Gasteiger partial charge in [-0.1, -0.05) is 55.8 Å². The van der Waals surface area contributed by atoms with Gasteiger partial charge >= 0.3 is 0 Å². The van der Waals surface area contributed by atoms with Crippen LogP contribution in [0.2, 0.25) is 5.02 Å². The van der Waals surface area contributed by atoms with E-state index < -0.39 is 0 Å². The predicted molar refractivity (Wildman–Crippen MR) is 112 cm³/mol. The Hall–Kier alpha value is -2.34. The lowest BCUT2D eigenvalue weighted by Crippen LogP contribution is -2.43. The number of benzene rings is 1. The predicted octanol–water partition coefficient (Wildman–Crippen LogP) is 3.39. The Labute approximate surface area is 170 Å². The highest BCUT2D eigenvalue weighted by Gasteiger charge is 2.24. The van der Waals surface area contributed by atoms with Gasteiger partial charge in [-0.05, 0) is 24.3 Å². The second-order valence-electron chi connectivity index (χ2n) is 7.72. The fourth-order valence-electron chi connectivity index (χ4n) is 3.41. The van der Waals surface area contributed by atoms with Gasteiger partial charge in [0.15, 0.2) is 0 Å². The second-order valence-corrected chi connectivity index (χ2v) is 8.10. The number of nitrogens with one attached hydrogen (secondary N) is 1. The number of anilines is 1. The third kappa shape index (κ3) is 5.13. The molecule has 2 aromatic rings. The van der Waals surface area contributed by atoms with Crippen LogP contribution in [-0.4, -0.2) is 39.7 Å². The van der Waals surface area contributed by atoms with Crippen LogP contribution in [-0.2, 0) is 11.3 Å². The molecule has 28 heavy (non-hydrogen) atoms. The molecule has 2 heterocycles. The molecular formula is C21H27ClN4O2. The minimum Gasteiger partial charge on any atom is -0.380 e. The molecule has 6 nitrogen and oxygen atoms in total. The Balaban J connectivity index is 1.60. The van der Waals surface area contributed by atoms with Crippen molar-refractivity contribution in [2.75, 3.05) is 18.4 Å². The molecule has 0 spiro atoms. The summed E-state index contributed by atoms with van der Waals surface area (Å²) < 4.78 is 1.37. The van der Waals surface area contributed by atoms with Gasteiger partial charge in [-0.3, -0.25) is 9.59 Å². The molecule has 7 heteroatoms. The first-order valence-electron chi connectivity index (χ1n) is 9.78. The summed E-state index contributed by atoms with van der Waals surface area (Å²) in [6.45, 7) is 5.94. The van der Waals surface area contributed by atoms with Crippen LogP contribution in [0.1, 0.15) is 38.7 Å². The molecule has 1 aliphatic rings. The fourth-order valence-corrected chi connectivity index (χ4v) is 3.61. The molecular weight excluding hydrogens is 376 g/mol. The summed E-state index contributed by atoms with van der Waals surface area (Å²) in [6, 6.07) is 9.85. The average Bonchev–Trinajstić information content (AvgIpc) is 2.68. The first-order chi connectivity index (χ1) is 13.4. The Morgan fingerprint density at radius 3 is 2.57 bits per heavy atom. The molecule has 1 aromatic heterocycles. The Morgan fingerprint density at radius 1 is 1.25 bits per heavy atom. The molecule has 0 atom stereocenters. The highest BCUT2D eigenvalue weighted by molar-refractivity contribution is 6.32. The van der Waals surface area contributed by atoms with Gasteiger partial charge in [-0.25, -0.2) is 4.68 Å². The number of hydrogen-bond donors (Lipinski definition) is 1. The summed E-state index contributed by atoms with van der Waals surface area (Å²) in [4.78, 5) is 26.7. The highest BCUT2D eigenvalue weighted by atomic mass is 35.5. The number of hydrogen-bond acceptors (Lipinski definition) is 4. The smallest absolute Gasteiger partial charge is 0.287 e. The van der Waals surface area contributed by atoms with Crippen LogP contribution in [0.3, 0.4) is 0 Å². The second kappa shape index (κ2) is 9.24. The van der Waals surface area contributed by atoms with Crippen molar-refractivity contribution in [3.8, 4) is 0 Å². The zero-order chi connectivity index (χ0) is 20.1. The van der Waals surface area contributed by atoms with E-state index in [0.717, 1.165) is 31.5 Å². The minimum atomic E-state index is -0.305. The zero-order valence-corrected chi connectivity index (χ0v) is 17.2. The van der Waals surface area contributed by atoms with Crippen LogP contribution in [0.15, 0.2) is 41.3 Å². The van der Waals surface area contributed by atoms with Crippen LogP contribution >= 0.6 is 11.6 Å². The average molecular weight is 403 g/mol. The number of halogens is 1. The first kappa shape index (κ1) is 20.4. The molecule has 0 bridgehead atoms. The highest BCUT2D eigenvalue weighted by Crippen LogP contribution is 2.21. The summed E-state index contributed by atoms with van der Waals surface area (Å²) in [5, 5.41) is 7.76. The fraction of sp³-hybridized carbons (Fsp3) is 0.476. The zero-order valence-electron chi connectivity index (χ0n) is 16.4. The van der Waals surface area contributed by atoms with Gasteiger partial charge in [0.25, 0.3) is 5.56 Å². The van der Waals surface area contributed by atoms with Crippen molar-refractivity contribution in [1.29, 1.82) is 0 Å². The SMILES string of the molecule is CC(C)CC(=O)N1CCC(Nc2cnn(Cc3ccccc3)c(=O)c2Cl)CC1. The van der Waals surface area contributed by atoms with Crippen molar-refractivity contribution < 1.29 is 4.79 Å². The van der Waals surface area contributed by atoms with Crippen molar-refractivity contribution in [2.45, 2.75) is 45.7 Å². The number of aromatic nitrogens is 2. The van der Waals surface area contributed by atoms with Crippen molar-refractivity contribution in [2.24, 2.45) is 5.92 Å². The molecule has 1 saturated heterocycles. The lowest BCUT2D eigenvalue weighted by Gasteiger charge is -2.33. The summed E-state index contributed by atoms with van der Waals surface area (Å²) in [7, 11) is 0. The maximum atomic E-state index is 12.6. The van der Waals surface area contributed by atoms with Crippen LogP contribution in [0, 0.1) is 5.92 Å². The van der Waals surface area contributed by atoms with E-state index >= 15 is 0 Å². The number of likely N-dealkylation sites (tertiary alicyclic amines) is 1. The third-order valence-corrected chi connectivity index (χ3v) is 5.32. The molecule has 1 aromatic carbocycles. The van der Waals surface area contributed by atoms with Crippen LogP contribution < -0.4 is 10.9 Å². The van der Waals surface area contributed by atoms with Crippen molar-refractivity contribution >= 4 is 23.2 Å². The van der Waals surface area contributed by atoms with Crippen LogP contribution in [0.5, 0.6) is 0 Å². The van der Waals surface area contributed by atoms with Gasteiger partial charge in [0.2, 0.25) is 5.91 Å². The summed E-state index contributed by atoms with van der Waals surface area (Å²) in [5.74, 6) is 0.590. The number of nitrogens with zero attached hydrogens (tertiary/aromatic N) is 3. The van der Waals surface area contributed by atoms with E-state index in [9.17, 15) is 9.59 Å². The van der Waals surface area contributed by atoms with Gasteiger partial charge in [-0.2, -0.15) is 5.10 Å². The molecule has 1 N–H and O–H groups in total. The third-order valence-electron chi connectivity index (χ3n) is 4.95. The van der Waals surface area contributed by atoms with E-state index in [1.54, 1.807) is 6.20 Å². The monoisotopic (exact) mass is 402 g/mol. The summed E-state index contributed by atoms with van der Waals surface area (Å²) in [6.07, 6.45) is 3.86. The Kier molecular flexibility index (Phi) is 6.73. The number of amides is 1. The van der Waals surface area contributed by atoms with E-state index in [1.807, 2.05) is 35.2 Å². The van der Waals surface area contributed by atoms with E-state index in [2.05, 4.69) is 24.3 Å². The van der Waals surface area contributed by atoms with Crippen molar-refractivity contribution in [1.82, 2.24) is 14.7 Å². The number of rotatable bonds is 6. The standard InChI is InChI=1S/C21H27ClN4O2/c1-15(2)12-19(27)25-10-8-17(9-11-25)24-18-13-23-26(21(28)20(18)22)14-16-6-4-3-5-7-16/h3-7,13,15,17,24H,8-12,14H2,1-2H3. The van der Waals surface area contributed by atoms with Crippen molar-refractivity contribution in [3.05, 3.63) is 57.5 Å². The molecule has 1 fully saturated rings. The van der Waals surface area contributed by atoms with Crippen molar-refractivity contribution in [3.63, 3.8) is 0 Å². The Bertz CT molecular complexity index is 858.